The van der Waals surface area contributed by atoms with Crippen molar-refractivity contribution in [2.45, 2.75) is 6.92 Å². The average Bonchev–Trinajstić information content (AvgIpc) is 2.52. The van der Waals surface area contributed by atoms with Gasteiger partial charge >= 0.3 is 0 Å². The number of pyridine rings is 3. The van der Waals surface area contributed by atoms with E-state index in [1.165, 1.54) is 13.1 Å². The Morgan fingerprint density at radius 2 is 1.88 bits per heavy atom. The minimum absolute atomic E-state index is 0.0180. The molecule has 0 saturated carbocycles. The molecular weight excluding hydrogens is 355 g/mol. The van der Waals surface area contributed by atoms with Gasteiger partial charge in [0.25, 0.3) is 0 Å². The highest BCUT2D eigenvalue weighted by Crippen LogP contribution is 2.34. The summed E-state index contributed by atoms with van der Waals surface area (Å²) in [5.74, 6) is -1.30. The average molecular weight is 368 g/mol. The second-order valence-electron chi connectivity index (χ2n) is 5.77. The lowest BCUT2D eigenvalue weighted by atomic mass is 10.1. The predicted octanol–water partition coefficient (Wildman–Crippen LogP) is 4.18. The van der Waals surface area contributed by atoms with Gasteiger partial charge in [-0.1, -0.05) is 11.6 Å². The predicted molar refractivity (Wildman–Crippen MR) is 91.5 cm³/mol. The monoisotopic (exact) mass is 367 g/mol. The molecule has 0 N–H and O–H groups in total. The van der Waals surface area contributed by atoms with E-state index in [1.54, 1.807) is 25.5 Å². The summed E-state index contributed by atoms with van der Waals surface area (Å²) < 4.78 is 40.3. The number of aryl methyl sites for hydroxylation is 1. The zero-order valence-corrected chi connectivity index (χ0v) is 14.8. The van der Waals surface area contributed by atoms with Crippen LogP contribution in [-0.2, 0) is 4.57 Å². The van der Waals surface area contributed by atoms with Gasteiger partial charge in [0.2, 0.25) is 0 Å². The fraction of sp³-hybridized carbons (Fsp3) is 0.188. The van der Waals surface area contributed by atoms with E-state index >= 15 is 0 Å². The first-order valence-electron chi connectivity index (χ1n) is 7.02. The molecule has 3 aromatic rings. The molecule has 0 radical (unpaired) electrons. The fourth-order valence-corrected chi connectivity index (χ4v) is 3.31. The topological polar surface area (TPSA) is 55.7 Å². The maximum Gasteiger partial charge on any atom is 0.165 e. The number of hydrogen-bond acceptors (Lipinski definition) is 4. The molecule has 24 heavy (non-hydrogen) atoms. The van der Waals surface area contributed by atoms with E-state index in [4.69, 9.17) is 11.6 Å². The largest absolute Gasteiger partial charge is 0.318 e. The molecular formula is C16H13ClF2N3OP. The Morgan fingerprint density at radius 3 is 2.46 bits per heavy atom. The number of aromatic nitrogens is 3. The van der Waals surface area contributed by atoms with Gasteiger partial charge in [0.1, 0.15) is 23.4 Å². The molecule has 3 rings (SSSR count). The molecule has 124 valence electrons. The van der Waals surface area contributed by atoms with E-state index in [2.05, 4.69) is 15.0 Å². The van der Waals surface area contributed by atoms with Crippen molar-refractivity contribution in [3.8, 4) is 11.3 Å². The Labute approximate surface area is 142 Å². The van der Waals surface area contributed by atoms with Crippen LogP contribution < -0.4 is 5.44 Å². The summed E-state index contributed by atoms with van der Waals surface area (Å²) >= 11 is 5.98. The van der Waals surface area contributed by atoms with Crippen LogP contribution in [0.1, 0.15) is 5.69 Å². The number of fused-ring (bicyclic) bond motifs is 1. The summed E-state index contributed by atoms with van der Waals surface area (Å²) in [5.41, 5.74) is 1.13. The minimum atomic E-state index is -2.51. The molecule has 3 heterocycles. The lowest BCUT2D eigenvalue weighted by molar-refractivity contribution is 0.588. The van der Waals surface area contributed by atoms with Crippen LogP contribution >= 0.6 is 18.7 Å². The van der Waals surface area contributed by atoms with E-state index in [0.717, 1.165) is 6.07 Å². The van der Waals surface area contributed by atoms with Gasteiger partial charge in [-0.05, 0) is 32.4 Å². The first kappa shape index (κ1) is 16.9. The van der Waals surface area contributed by atoms with Crippen LogP contribution in [0.25, 0.3) is 22.3 Å². The first-order chi connectivity index (χ1) is 11.2. The summed E-state index contributed by atoms with van der Waals surface area (Å²) in [4.78, 5) is 12.2. The molecule has 4 nitrogen and oxygen atoms in total. The molecule has 8 heteroatoms. The Balaban J connectivity index is 2.19. The minimum Gasteiger partial charge on any atom is -0.318 e. The van der Waals surface area contributed by atoms with Crippen molar-refractivity contribution in [1.82, 2.24) is 15.0 Å². The third kappa shape index (κ3) is 2.92. The maximum atomic E-state index is 14.4. The van der Waals surface area contributed by atoms with Gasteiger partial charge in [-0.15, -0.1) is 0 Å². The Hall–Kier alpha value is -1.91. The lowest BCUT2D eigenvalue weighted by Gasteiger charge is -2.09. The van der Waals surface area contributed by atoms with Gasteiger partial charge in [0, 0.05) is 17.8 Å². The van der Waals surface area contributed by atoms with Crippen LogP contribution in [0.5, 0.6) is 0 Å². The first-order valence-corrected chi connectivity index (χ1v) is 10.00. The van der Waals surface area contributed by atoms with Gasteiger partial charge in [0.15, 0.2) is 11.6 Å². The van der Waals surface area contributed by atoms with E-state index in [0.29, 0.717) is 11.0 Å². The summed E-state index contributed by atoms with van der Waals surface area (Å²) in [6.45, 7) is 4.64. The fourth-order valence-electron chi connectivity index (χ4n) is 2.27. The van der Waals surface area contributed by atoms with Crippen LogP contribution in [0.3, 0.4) is 0 Å². The standard InChI is InChI=1S/C16H13ClF2N3OP/c1-8-14(19)13(17)16-11(21-8)6-10(18)15(22-16)9-4-5-12(20-7-9)24(2,3)23/h4-7H,1-3H3. The van der Waals surface area contributed by atoms with Gasteiger partial charge in [-0.2, -0.15) is 0 Å². The smallest absolute Gasteiger partial charge is 0.165 e. The summed E-state index contributed by atoms with van der Waals surface area (Å²) in [5, 5.41) is -0.199. The SMILES string of the molecule is Cc1nc2cc(F)c(-c3ccc(P(C)(C)=O)nc3)nc2c(Cl)c1F. The van der Waals surface area contributed by atoms with Gasteiger partial charge in [-0.25, -0.2) is 18.7 Å². The van der Waals surface area contributed by atoms with Crippen LogP contribution in [0.4, 0.5) is 8.78 Å². The molecule has 0 fully saturated rings. The summed E-state index contributed by atoms with van der Waals surface area (Å²) in [7, 11) is -2.51. The third-order valence-electron chi connectivity index (χ3n) is 3.54. The molecule has 0 aliphatic rings. The van der Waals surface area contributed by atoms with Crippen LogP contribution in [-0.4, -0.2) is 28.3 Å². The van der Waals surface area contributed by atoms with E-state index in [1.807, 2.05) is 0 Å². The van der Waals surface area contributed by atoms with Crippen molar-refractivity contribution in [2.24, 2.45) is 0 Å². The Bertz CT molecular complexity index is 1000. The van der Waals surface area contributed by atoms with Gasteiger partial charge in [-0.3, -0.25) is 4.98 Å². The highest BCUT2D eigenvalue weighted by atomic mass is 35.5. The molecule has 0 atom stereocenters. The lowest BCUT2D eigenvalue weighted by Crippen LogP contribution is -2.07. The van der Waals surface area contributed by atoms with Crippen molar-refractivity contribution < 1.29 is 13.3 Å². The molecule has 0 aliphatic heterocycles. The van der Waals surface area contributed by atoms with Gasteiger partial charge in [0.05, 0.1) is 16.6 Å². The van der Waals surface area contributed by atoms with Crippen LogP contribution in [0.2, 0.25) is 5.02 Å². The van der Waals surface area contributed by atoms with Crippen molar-refractivity contribution in [2.75, 3.05) is 13.3 Å². The Morgan fingerprint density at radius 1 is 1.17 bits per heavy atom. The van der Waals surface area contributed by atoms with E-state index in [-0.39, 0.29) is 27.4 Å². The van der Waals surface area contributed by atoms with Gasteiger partial charge < -0.3 is 4.57 Å². The van der Waals surface area contributed by atoms with Crippen LogP contribution in [0, 0.1) is 18.6 Å². The molecule has 0 aromatic carbocycles. The molecule has 3 aromatic heterocycles. The van der Waals surface area contributed by atoms with Crippen molar-refractivity contribution >= 4 is 35.2 Å². The molecule has 0 unspecified atom stereocenters. The van der Waals surface area contributed by atoms with Crippen molar-refractivity contribution in [3.63, 3.8) is 0 Å². The summed E-state index contributed by atoms with van der Waals surface area (Å²) in [6.07, 6.45) is 1.39. The molecule has 0 bridgehead atoms. The van der Waals surface area contributed by atoms with Crippen molar-refractivity contribution in [1.29, 1.82) is 0 Å². The highest BCUT2D eigenvalue weighted by Gasteiger charge is 2.18. The van der Waals surface area contributed by atoms with Crippen LogP contribution in [0.15, 0.2) is 24.4 Å². The second-order valence-corrected chi connectivity index (χ2v) is 9.31. The zero-order chi connectivity index (χ0) is 17.6. The quantitative estimate of drug-likeness (QED) is 0.638. The molecule has 0 spiro atoms. The number of halogens is 3. The molecule has 0 amide bonds. The number of rotatable bonds is 2. The zero-order valence-electron chi connectivity index (χ0n) is 13.1. The van der Waals surface area contributed by atoms with E-state index in [9.17, 15) is 13.3 Å². The Kier molecular flexibility index (Phi) is 4.14. The summed E-state index contributed by atoms with van der Waals surface area (Å²) in [6, 6.07) is 4.30. The number of nitrogens with zero attached hydrogens (tertiary/aromatic N) is 3. The molecule has 0 aliphatic carbocycles. The van der Waals surface area contributed by atoms with E-state index < -0.39 is 18.8 Å². The van der Waals surface area contributed by atoms with Crippen molar-refractivity contribution in [3.05, 3.63) is 46.7 Å². The normalized spacial score (nSPS) is 11.9. The second kappa shape index (κ2) is 5.87. The third-order valence-corrected chi connectivity index (χ3v) is 5.25. The number of hydrogen-bond donors (Lipinski definition) is 0. The highest BCUT2D eigenvalue weighted by molar-refractivity contribution is 7.69. The molecule has 0 saturated heterocycles. The maximum absolute atomic E-state index is 14.4.